The Labute approximate surface area is 86.1 Å². The van der Waals surface area contributed by atoms with Crippen LogP contribution < -0.4 is 0 Å². The highest BCUT2D eigenvalue weighted by molar-refractivity contribution is 4.96. The molecule has 1 aliphatic carbocycles. The number of alkyl halides is 2. The van der Waals surface area contributed by atoms with Crippen LogP contribution in [0.25, 0.3) is 0 Å². The van der Waals surface area contributed by atoms with Crippen LogP contribution in [0.5, 0.6) is 0 Å². The highest BCUT2D eigenvalue weighted by Crippen LogP contribution is 2.55. The third kappa shape index (κ3) is 2.46. The molecule has 1 unspecified atom stereocenters. The van der Waals surface area contributed by atoms with Crippen LogP contribution >= 0.6 is 0 Å². The van der Waals surface area contributed by atoms with E-state index in [4.69, 9.17) is 0 Å². The van der Waals surface area contributed by atoms with E-state index in [9.17, 15) is 8.78 Å². The van der Waals surface area contributed by atoms with Gasteiger partial charge in [0.1, 0.15) is 0 Å². The lowest BCUT2D eigenvalue weighted by atomic mass is 9.59. The highest BCUT2D eigenvalue weighted by Gasteiger charge is 2.51. The van der Waals surface area contributed by atoms with Crippen LogP contribution in [-0.2, 0) is 0 Å². The topological polar surface area (TPSA) is 0 Å². The molecule has 1 rings (SSSR count). The lowest BCUT2D eigenvalue weighted by molar-refractivity contribution is -0.132. The fourth-order valence-electron chi connectivity index (χ4n) is 2.98. The van der Waals surface area contributed by atoms with Crippen LogP contribution in [0.2, 0.25) is 0 Å². The molecule has 0 amide bonds. The Morgan fingerprint density at radius 1 is 0.929 bits per heavy atom. The van der Waals surface area contributed by atoms with Crippen molar-refractivity contribution < 1.29 is 8.78 Å². The average Bonchev–Trinajstić information content (AvgIpc) is 1.76. The average molecular weight is 204 g/mol. The lowest BCUT2D eigenvalue weighted by Gasteiger charge is -2.48. The number of halogens is 2. The summed E-state index contributed by atoms with van der Waals surface area (Å²) in [4.78, 5) is 0. The van der Waals surface area contributed by atoms with Crippen molar-refractivity contribution in [2.75, 3.05) is 0 Å². The van der Waals surface area contributed by atoms with Gasteiger partial charge in [-0.1, -0.05) is 34.6 Å². The minimum Gasteiger partial charge on any atom is -0.207 e. The molecule has 2 heteroatoms. The molecule has 0 bridgehead atoms. The van der Waals surface area contributed by atoms with Crippen LogP contribution in [-0.4, -0.2) is 5.92 Å². The monoisotopic (exact) mass is 204 g/mol. The maximum atomic E-state index is 13.6. The molecule has 0 heterocycles. The predicted molar refractivity (Wildman–Crippen MR) is 55.5 cm³/mol. The fourth-order valence-corrected chi connectivity index (χ4v) is 2.98. The van der Waals surface area contributed by atoms with E-state index in [-0.39, 0.29) is 23.7 Å². The summed E-state index contributed by atoms with van der Waals surface area (Å²) in [6.07, 6.45) is 1.01. The Morgan fingerprint density at radius 2 is 1.43 bits per heavy atom. The standard InChI is InChI=1S/C12H22F2/c1-9(2)11(5)6-10(3,4)7-12(13,14)8-11/h9H,6-8H2,1-5H3. The summed E-state index contributed by atoms with van der Waals surface area (Å²) in [6, 6.07) is 0. The third-order valence-electron chi connectivity index (χ3n) is 3.68. The Kier molecular flexibility index (Phi) is 2.71. The summed E-state index contributed by atoms with van der Waals surface area (Å²) >= 11 is 0. The molecule has 0 aromatic carbocycles. The van der Waals surface area contributed by atoms with Gasteiger partial charge in [0.2, 0.25) is 5.92 Å². The van der Waals surface area contributed by atoms with Crippen molar-refractivity contribution in [3.63, 3.8) is 0 Å². The number of rotatable bonds is 1. The molecule has 0 spiro atoms. The molecule has 0 N–H and O–H groups in total. The van der Waals surface area contributed by atoms with E-state index < -0.39 is 5.92 Å². The molecule has 0 radical (unpaired) electrons. The van der Waals surface area contributed by atoms with Crippen molar-refractivity contribution in [3.8, 4) is 0 Å². The van der Waals surface area contributed by atoms with Gasteiger partial charge in [-0.25, -0.2) is 8.78 Å². The molecule has 0 saturated heterocycles. The van der Waals surface area contributed by atoms with Gasteiger partial charge in [0.25, 0.3) is 0 Å². The van der Waals surface area contributed by atoms with Gasteiger partial charge in [0, 0.05) is 12.8 Å². The maximum Gasteiger partial charge on any atom is 0.249 e. The first-order chi connectivity index (χ1) is 6.06. The summed E-state index contributed by atoms with van der Waals surface area (Å²) in [7, 11) is 0. The van der Waals surface area contributed by atoms with Crippen molar-refractivity contribution in [2.24, 2.45) is 16.7 Å². The second kappa shape index (κ2) is 3.18. The molecule has 0 nitrogen and oxygen atoms in total. The van der Waals surface area contributed by atoms with Crippen molar-refractivity contribution >= 4 is 0 Å². The van der Waals surface area contributed by atoms with Crippen molar-refractivity contribution in [1.29, 1.82) is 0 Å². The Bertz CT molecular complexity index is 200. The summed E-state index contributed by atoms with van der Waals surface area (Å²) < 4.78 is 27.1. The molecule has 1 fully saturated rings. The minimum atomic E-state index is -2.47. The maximum absolute atomic E-state index is 13.6. The van der Waals surface area contributed by atoms with E-state index in [1.165, 1.54) is 0 Å². The zero-order chi connectivity index (χ0) is 11.2. The summed E-state index contributed by atoms with van der Waals surface area (Å²) in [6.45, 7) is 10.0. The van der Waals surface area contributed by atoms with Gasteiger partial charge in [0.15, 0.2) is 0 Å². The first-order valence-corrected chi connectivity index (χ1v) is 5.44. The van der Waals surface area contributed by atoms with E-state index in [2.05, 4.69) is 13.8 Å². The Morgan fingerprint density at radius 3 is 1.79 bits per heavy atom. The van der Waals surface area contributed by atoms with Gasteiger partial charge in [0.05, 0.1) is 0 Å². The zero-order valence-electron chi connectivity index (χ0n) is 9.95. The Balaban J connectivity index is 2.92. The minimum absolute atomic E-state index is 0.0440. The second-order valence-corrected chi connectivity index (χ2v) is 6.36. The summed E-state index contributed by atoms with van der Waals surface area (Å²) in [5, 5.41) is 0. The summed E-state index contributed by atoms with van der Waals surface area (Å²) in [5.74, 6) is -2.14. The molecular weight excluding hydrogens is 182 g/mol. The molecular formula is C12H22F2. The second-order valence-electron chi connectivity index (χ2n) is 6.36. The molecule has 0 aliphatic heterocycles. The smallest absolute Gasteiger partial charge is 0.207 e. The third-order valence-corrected chi connectivity index (χ3v) is 3.68. The van der Waals surface area contributed by atoms with E-state index in [0.717, 1.165) is 6.42 Å². The number of hydrogen-bond donors (Lipinski definition) is 0. The molecule has 84 valence electrons. The van der Waals surface area contributed by atoms with Gasteiger partial charge in [-0.05, 0) is 23.2 Å². The molecule has 0 aromatic heterocycles. The van der Waals surface area contributed by atoms with Gasteiger partial charge >= 0.3 is 0 Å². The predicted octanol–water partition coefficient (Wildman–Crippen LogP) is 4.49. The molecule has 1 saturated carbocycles. The van der Waals surface area contributed by atoms with Crippen molar-refractivity contribution in [2.45, 2.75) is 59.8 Å². The van der Waals surface area contributed by atoms with E-state index >= 15 is 0 Å². The van der Waals surface area contributed by atoms with Crippen LogP contribution in [0.4, 0.5) is 8.78 Å². The first-order valence-electron chi connectivity index (χ1n) is 5.44. The van der Waals surface area contributed by atoms with E-state index in [1.807, 2.05) is 20.8 Å². The quantitative estimate of drug-likeness (QED) is 0.590. The van der Waals surface area contributed by atoms with Crippen LogP contribution in [0.15, 0.2) is 0 Å². The SMILES string of the molecule is CC(C)C1(C)CC(C)(C)CC(F)(F)C1. The molecule has 14 heavy (non-hydrogen) atoms. The van der Waals surface area contributed by atoms with Gasteiger partial charge < -0.3 is 0 Å². The fraction of sp³-hybridized carbons (Fsp3) is 1.00. The van der Waals surface area contributed by atoms with E-state index in [0.29, 0.717) is 5.92 Å². The lowest BCUT2D eigenvalue weighted by Crippen LogP contribution is -2.44. The zero-order valence-corrected chi connectivity index (χ0v) is 9.95. The van der Waals surface area contributed by atoms with Crippen molar-refractivity contribution in [3.05, 3.63) is 0 Å². The first kappa shape index (κ1) is 11.9. The number of hydrogen-bond acceptors (Lipinski definition) is 0. The van der Waals surface area contributed by atoms with Crippen LogP contribution in [0.1, 0.15) is 53.9 Å². The summed E-state index contributed by atoms with van der Waals surface area (Å²) in [5.41, 5.74) is -0.425. The van der Waals surface area contributed by atoms with E-state index in [1.54, 1.807) is 0 Å². The van der Waals surface area contributed by atoms with Gasteiger partial charge in [-0.15, -0.1) is 0 Å². The molecule has 1 atom stereocenters. The largest absolute Gasteiger partial charge is 0.249 e. The normalized spacial score (nSPS) is 36.0. The van der Waals surface area contributed by atoms with Crippen molar-refractivity contribution in [1.82, 2.24) is 0 Å². The van der Waals surface area contributed by atoms with Crippen LogP contribution in [0, 0.1) is 16.7 Å². The molecule has 0 aromatic rings. The van der Waals surface area contributed by atoms with Gasteiger partial charge in [-0.3, -0.25) is 0 Å². The Hall–Kier alpha value is -0.140. The van der Waals surface area contributed by atoms with Gasteiger partial charge in [-0.2, -0.15) is 0 Å². The van der Waals surface area contributed by atoms with Crippen LogP contribution in [0.3, 0.4) is 0 Å². The highest BCUT2D eigenvalue weighted by atomic mass is 19.3. The molecule has 1 aliphatic rings.